The van der Waals surface area contributed by atoms with Crippen molar-refractivity contribution in [3.63, 3.8) is 0 Å². The lowest BCUT2D eigenvalue weighted by molar-refractivity contribution is -0.138. The third-order valence-corrected chi connectivity index (χ3v) is 8.94. The summed E-state index contributed by atoms with van der Waals surface area (Å²) >= 11 is 0. The van der Waals surface area contributed by atoms with E-state index in [9.17, 15) is 28.0 Å². The summed E-state index contributed by atoms with van der Waals surface area (Å²) in [7, 11) is 2.02. The Labute approximate surface area is 273 Å². The Kier molecular flexibility index (Phi) is 9.86. The van der Waals surface area contributed by atoms with Gasteiger partial charge in [0.15, 0.2) is 0 Å². The maximum Gasteiger partial charge on any atom is 0.416 e. The Morgan fingerprint density at radius 3 is 2.51 bits per heavy atom. The van der Waals surface area contributed by atoms with Gasteiger partial charge < -0.3 is 29.1 Å². The van der Waals surface area contributed by atoms with E-state index < -0.39 is 35.4 Å². The lowest BCUT2D eigenvalue weighted by Gasteiger charge is -2.42. The molecule has 1 unspecified atom stereocenters. The summed E-state index contributed by atoms with van der Waals surface area (Å²) < 4.78 is 53.1. The zero-order valence-electron chi connectivity index (χ0n) is 27.6. The van der Waals surface area contributed by atoms with Crippen molar-refractivity contribution < 1.29 is 32.2 Å². The van der Waals surface area contributed by atoms with E-state index in [-0.39, 0.29) is 55.1 Å². The second kappa shape index (κ2) is 13.5. The van der Waals surface area contributed by atoms with E-state index in [1.807, 2.05) is 11.9 Å². The van der Waals surface area contributed by atoms with Crippen molar-refractivity contribution in [1.29, 1.82) is 5.26 Å². The summed E-state index contributed by atoms with van der Waals surface area (Å²) in [5.41, 5.74) is -0.734. The number of benzene rings is 1. The van der Waals surface area contributed by atoms with Crippen LogP contribution in [0.25, 0.3) is 0 Å². The fourth-order valence-electron chi connectivity index (χ4n) is 6.53. The van der Waals surface area contributed by atoms with Gasteiger partial charge in [0.25, 0.3) is 5.91 Å². The molecule has 1 aromatic heterocycles. The van der Waals surface area contributed by atoms with Gasteiger partial charge in [-0.25, -0.2) is 4.79 Å². The normalized spacial score (nSPS) is 20.9. The highest BCUT2D eigenvalue weighted by Crippen LogP contribution is 2.38. The third kappa shape index (κ3) is 7.56. The number of likely N-dealkylation sites (N-methyl/N-ethyl adjacent to an activating group) is 1. The first-order chi connectivity index (χ1) is 22.2. The second-order valence-corrected chi connectivity index (χ2v) is 13.4. The van der Waals surface area contributed by atoms with Gasteiger partial charge in [0.05, 0.1) is 24.1 Å². The van der Waals surface area contributed by atoms with Crippen LogP contribution in [0.15, 0.2) is 18.2 Å². The van der Waals surface area contributed by atoms with E-state index in [2.05, 4.69) is 16.0 Å². The number of ether oxygens (including phenoxy) is 2. The molecule has 11 nitrogen and oxygen atoms in total. The van der Waals surface area contributed by atoms with E-state index in [1.54, 1.807) is 25.7 Å². The number of carbonyl (C=O) groups excluding carboxylic acids is 2. The van der Waals surface area contributed by atoms with Gasteiger partial charge in [0, 0.05) is 43.5 Å². The van der Waals surface area contributed by atoms with Crippen molar-refractivity contribution in [2.24, 2.45) is 0 Å². The molecule has 14 heteroatoms. The van der Waals surface area contributed by atoms with Crippen molar-refractivity contribution in [2.45, 2.75) is 83.7 Å². The first-order valence-corrected chi connectivity index (χ1v) is 16.0. The third-order valence-electron chi connectivity index (χ3n) is 8.94. The number of piperazine rings is 1. The second-order valence-electron chi connectivity index (χ2n) is 13.4. The maximum atomic E-state index is 14.3. The predicted octanol–water partition coefficient (Wildman–Crippen LogP) is 5.21. The summed E-state index contributed by atoms with van der Waals surface area (Å²) in [6.07, 6.45) is -2.19. The summed E-state index contributed by atoms with van der Waals surface area (Å²) in [5, 5.41) is 9.62. The molecule has 47 heavy (non-hydrogen) atoms. The predicted molar refractivity (Wildman–Crippen MR) is 169 cm³/mol. The number of rotatable bonds is 6. The number of alkyl halides is 3. The number of nitriles is 1. The highest BCUT2D eigenvalue weighted by Gasteiger charge is 2.38. The van der Waals surface area contributed by atoms with Crippen molar-refractivity contribution in [1.82, 2.24) is 19.8 Å². The lowest BCUT2D eigenvalue weighted by Crippen LogP contribution is -2.56. The quantitative estimate of drug-likeness (QED) is 0.413. The molecule has 0 saturated carbocycles. The van der Waals surface area contributed by atoms with Gasteiger partial charge in [0.2, 0.25) is 0 Å². The number of halogens is 3. The Morgan fingerprint density at radius 2 is 1.85 bits per heavy atom. The molecular formula is C33H42F3N7O4. The van der Waals surface area contributed by atoms with Gasteiger partial charge in [-0.05, 0) is 84.7 Å². The topological polar surface area (TPSA) is 115 Å². The smallest absolute Gasteiger partial charge is 0.416 e. The van der Waals surface area contributed by atoms with Crippen LogP contribution in [0.4, 0.5) is 29.5 Å². The molecule has 2 saturated heterocycles. The summed E-state index contributed by atoms with van der Waals surface area (Å²) in [6, 6.07) is 5.65. The van der Waals surface area contributed by atoms with Crippen LogP contribution in [0.2, 0.25) is 0 Å². The summed E-state index contributed by atoms with van der Waals surface area (Å²) in [4.78, 5) is 43.7. The highest BCUT2D eigenvalue weighted by molar-refractivity contribution is 6.07. The molecule has 3 aliphatic heterocycles. The van der Waals surface area contributed by atoms with Crippen LogP contribution >= 0.6 is 0 Å². The molecule has 2 atom stereocenters. The maximum absolute atomic E-state index is 14.3. The molecule has 0 N–H and O–H groups in total. The van der Waals surface area contributed by atoms with Gasteiger partial charge in [-0.2, -0.15) is 28.4 Å². The van der Waals surface area contributed by atoms with E-state index in [0.29, 0.717) is 37.4 Å². The van der Waals surface area contributed by atoms with E-state index >= 15 is 0 Å². The van der Waals surface area contributed by atoms with E-state index in [1.165, 1.54) is 24.0 Å². The molecule has 2 amide bonds. The minimum atomic E-state index is -4.57. The van der Waals surface area contributed by atoms with Gasteiger partial charge in [0.1, 0.15) is 23.7 Å². The molecule has 0 bridgehead atoms. The fourth-order valence-corrected chi connectivity index (χ4v) is 6.53. The van der Waals surface area contributed by atoms with Crippen molar-refractivity contribution in [2.75, 3.05) is 56.2 Å². The zero-order chi connectivity index (χ0) is 34.1. The van der Waals surface area contributed by atoms with Crippen LogP contribution < -0.4 is 14.5 Å². The fraction of sp³-hybridized carbons (Fsp3) is 0.606. The standard InChI is InChI=1S/C33H42F3N7O4/c1-21-25(33(34,35)36)11-6-12-26(21)43-16-8-10-24-27(29(43)44)38-30(46-20-23-9-7-15-40(23)5)39-28(24)41-17-18-42(22(19-41)13-14-37)31(45)47-32(2,3)4/h6,11-12,22-23H,7-10,13,15-20H2,1-5H3/t22?,23-/m0/s1. The van der Waals surface area contributed by atoms with Gasteiger partial charge in [-0.3, -0.25) is 4.79 Å². The van der Waals surface area contributed by atoms with Crippen molar-refractivity contribution in [3.8, 4) is 12.1 Å². The zero-order valence-corrected chi connectivity index (χ0v) is 27.6. The SMILES string of the molecule is Cc1c(N2CCCc3c(nc(OC[C@@H]4CCCN4C)nc3N3CCN(C(=O)OC(C)(C)C)C(CC#N)C3)C2=O)cccc1C(F)(F)F. The number of anilines is 2. The monoisotopic (exact) mass is 657 g/mol. The molecule has 3 aliphatic rings. The number of amides is 2. The van der Waals surface area contributed by atoms with Gasteiger partial charge >= 0.3 is 18.3 Å². The Morgan fingerprint density at radius 1 is 1.09 bits per heavy atom. The number of fused-ring (bicyclic) bond motifs is 1. The molecule has 254 valence electrons. The van der Waals surface area contributed by atoms with Crippen LogP contribution in [0.5, 0.6) is 6.01 Å². The van der Waals surface area contributed by atoms with Crippen molar-refractivity contribution >= 4 is 23.5 Å². The minimum absolute atomic E-state index is 0.00131. The van der Waals surface area contributed by atoms with E-state index in [4.69, 9.17) is 14.5 Å². The average molecular weight is 658 g/mol. The number of likely N-dealkylation sites (tertiary alicyclic amines) is 1. The van der Waals surface area contributed by atoms with Gasteiger partial charge in [-0.15, -0.1) is 0 Å². The largest absolute Gasteiger partial charge is 0.462 e. The molecule has 2 aromatic rings. The average Bonchev–Trinajstić information content (AvgIpc) is 3.33. The Balaban J connectivity index is 1.52. The molecule has 5 rings (SSSR count). The number of aromatic nitrogens is 2. The van der Waals surface area contributed by atoms with Crippen LogP contribution in [-0.2, 0) is 17.3 Å². The Bertz CT molecular complexity index is 1540. The van der Waals surface area contributed by atoms with Crippen molar-refractivity contribution in [3.05, 3.63) is 40.6 Å². The number of hydrogen-bond acceptors (Lipinski definition) is 9. The minimum Gasteiger partial charge on any atom is -0.462 e. The first-order valence-electron chi connectivity index (χ1n) is 16.0. The molecule has 2 fully saturated rings. The number of carbonyl (C=O) groups is 2. The molecular weight excluding hydrogens is 615 g/mol. The summed E-state index contributed by atoms with van der Waals surface area (Å²) in [5.74, 6) is -0.0695. The van der Waals surface area contributed by atoms with Crippen LogP contribution in [-0.4, -0.2) is 95.8 Å². The number of nitrogens with zero attached hydrogens (tertiary/aromatic N) is 7. The molecule has 0 spiro atoms. The summed E-state index contributed by atoms with van der Waals surface area (Å²) in [6.45, 7) is 9.00. The Hall–Kier alpha value is -4.12. The van der Waals surface area contributed by atoms with Crippen LogP contribution in [0.3, 0.4) is 0 Å². The lowest BCUT2D eigenvalue weighted by atomic mass is 10.0. The van der Waals surface area contributed by atoms with Crippen LogP contribution in [0.1, 0.15) is 73.6 Å². The van der Waals surface area contributed by atoms with Gasteiger partial charge in [-0.1, -0.05) is 6.07 Å². The first kappa shape index (κ1) is 34.2. The molecule has 4 heterocycles. The number of hydrogen-bond donors (Lipinski definition) is 0. The molecule has 0 aliphatic carbocycles. The molecule has 0 radical (unpaired) electrons. The highest BCUT2D eigenvalue weighted by atomic mass is 19.4. The molecule has 1 aromatic carbocycles. The van der Waals surface area contributed by atoms with Crippen LogP contribution in [0, 0.1) is 18.3 Å². The van der Waals surface area contributed by atoms with E-state index in [0.717, 1.165) is 25.5 Å².